The van der Waals surface area contributed by atoms with Crippen LogP contribution in [0.3, 0.4) is 0 Å². The minimum Gasteiger partial charge on any atom is -0.481 e. The largest absolute Gasteiger partial charge is 0.481 e. The first-order chi connectivity index (χ1) is 35.7. The molecule has 1 aliphatic carbocycles. The number of rotatable bonds is 43. The van der Waals surface area contributed by atoms with E-state index >= 15 is 0 Å². The number of carboxylic acids is 1. The minimum absolute atomic E-state index is 0.105. The average Bonchev–Trinajstić information content (AvgIpc) is 3.35. The van der Waals surface area contributed by atoms with E-state index < -0.39 is 107 Å². The van der Waals surface area contributed by atoms with Crippen molar-refractivity contribution in [1.82, 2.24) is 0 Å². The van der Waals surface area contributed by atoms with Crippen LogP contribution in [-0.2, 0) is 46.6 Å². The molecule has 1 saturated carbocycles. The van der Waals surface area contributed by atoms with Crippen molar-refractivity contribution in [3.05, 3.63) is 85.1 Å². The third-order valence-corrected chi connectivity index (χ3v) is 14.3. The lowest BCUT2D eigenvalue weighted by Crippen LogP contribution is -2.64. The molecule has 0 aromatic carbocycles. The molecule has 0 amide bonds. The molecule has 11 atom stereocenters. The van der Waals surface area contributed by atoms with E-state index in [1.54, 1.807) is 18.2 Å². The Morgan fingerprint density at radius 3 is 1.75 bits per heavy atom. The number of ether oxygens (including phenoxy) is 2. The van der Waals surface area contributed by atoms with Gasteiger partial charge in [0, 0.05) is 23.8 Å². The highest BCUT2D eigenvalue weighted by atomic mass is 32.2. The Bertz CT molecular complexity index is 1890. The molecule has 0 saturated heterocycles. The van der Waals surface area contributed by atoms with E-state index in [0.717, 1.165) is 50.3 Å². The summed E-state index contributed by atoms with van der Waals surface area (Å²) in [5, 5.41) is 60.6. The lowest BCUT2D eigenvalue weighted by molar-refractivity contribution is -0.216. The van der Waals surface area contributed by atoms with Crippen molar-refractivity contribution in [2.75, 3.05) is 19.0 Å². The maximum Gasteiger partial charge on any atom is 0.472 e. The van der Waals surface area contributed by atoms with Gasteiger partial charge in [-0.15, -0.1) is 11.8 Å². The molecule has 11 N–H and O–H groups in total. The molecule has 430 valence electrons. The van der Waals surface area contributed by atoms with Gasteiger partial charge in [0.15, 0.2) is 6.10 Å². The topological polar surface area (TPSA) is 340 Å². The molecule has 1 fully saturated rings. The molecule has 20 nitrogen and oxygen atoms in total. The van der Waals surface area contributed by atoms with Crippen molar-refractivity contribution >= 4 is 45.3 Å². The zero-order valence-corrected chi connectivity index (χ0v) is 46.2. The van der Waals surface area contributed by atoms with Gasteiger partial charge in [0.1, 0.15) is 49.3 Å². The first-order valence-corrected chi connectivity index (χ1v) is 30.1. The van der Waals surface area contributed by atoms with Gasteiger partial charge in [0.05, 0.1) is 12.7 Å². The fourth-order valence-electron chi connectivity index (χ4n) is 7.24. The van der Waals surface area contributed by atoms with Gasteiger partial charge in [0.2, 0.25) is 0 Å². The summed E-state index contributed by atoms with van der Waals surface area (Å²) in [6, 6.07) is -1.32. The maximum absolute atomic E-state index is 13.2. The van der Waals surface area contributed by atoms with Gasteiger partial charge in [-0.25, -0.2) is 9.13 Å². The Labute approximate surface area is 447 Å². The predicted octanol–water partition coefficient (Wildman–Crippen LogP) is 7.49. The Hall–Kier alpha value is -3.08. The minimum atomic E-state index is -5.51. The number of aliphatic carboxylic acids is 1. The van der Waals surface area contributed by atoms with Crippen LogP contribution in [0, 0.1) is 0 Å². The average molecular weight is 1120 g/mol. The molecular formula is C52H87NO19P2S. The van der Waals surface area contributed by atoms with Gasteiger partial charge in [-0.2, -0.15) is 0 Å². The van der Waals surface area contributed by atoms with Crippen LogP contribution in [0.5, 0.6) is 0 Å². The number of unbranched alkanes of at least 4 members (excludes halogenated alkanes) is 10. The molecule has 1 rings (SSSR count). The maximum atomic E-state index is 13.2. The Balaban J connectivity index is 3.02. The number of carboxylic acid groups (broad SMARTS) is 1. The van der Waals surface area contributed by atoms with Gasteiger partial charge in [-0.05, 0) is 70.6 Å². The summed E-state index contributed by atoms with van der Waals surface area (Å²) in [4.78, 5) is 66.7. The van der Waals surface area contributed by atoms with Crippen LogP contribution >= 0.6 is 27.4 Å². The van der Waals surface area contributed by atoms with Gasteiger partial charge in [-0.3, -0.25) is 28.0 Å². The summed E-state index contributed by atoms with van der Waals surface area (Å²) in [5.41, 5.74) is 6.17. The molecule has 0 spiro atoms. The van der Waals surface area contributed by atoms with Gasteiger partial charge in [-0.1, -0.05) is 144 Å². The molecule has 0 aromatic rings. The van der Waals surface area contributed by atoms with Crippen LogP contribution in [0.25, 0.3) is 0 Å². The normalized spacial score (nSPS) is 22.3. The Morgan fingerprint density at radius 2 is 1.15 bits per heavy atom. The Kier molecular flexibility index (Phi) is 39.1. The van der Waals surface area contributed by atoms with Gasteiger partial charge in [0.25, 0.3) is 0 Å². The molecule has 1 unspecified atom stereocenters. The number of allylic oxidation sites excluding steroid dienone is 13. The van der Waals surface area contributed by atoms with Crippen LogP contribution < -0.4 is 5.73 Å². The first kappa shape index (κ1) is 69.9. The smallest absolute Gasteiger partial charge is 0.472 e. The number of phosphoric ester groups is 2. The number of hydrogen-bond donors (Lipinski definition) is 10. The summed E-state index contributed by atoms with van der Waals surface area (Å²) in [5.74, 6) is -2.95. The number of aliphatic hydroxyl groups excluding tert-OH is 5. The van der Waals surface area contributed by atoms with E-state index in [9.17, 15) is 63.7 Å². The van der Waals surface area contributed by atoms with Crippen molar-refractivity contribution in [3.8, 4) is 0 Å². The third kappa shape index (κ3) is 35.1. The lowest BCUT2D eigenvalue weighted by Gasteiger charge is -2.43. The van der Waals surface area contributed by atoms with Crippen molar-refractivity contribution < 1.29 is 91.9 Å². The van der Waals surface area contributed by atoms with E-state index in [-0.39, 0.29) is 31.4 Å². The summed E-state index contributed by atoms with van der Waals surface area (Å²) < 4.78 is 49.9. The molecule has 0 aromatic heterocycles. The number of hydrogen-bond acceptors (Lipinski definition) is 17. The standard InChI is InChI=1S/C52H87NO19P2S/c1-3-5-7-9-11-13-15-17-18-19-20-21-23-25-27-29-31-36-45(57)70-40(38-69-74(66,67)72-51-49(61)47(59)46(58)48(60)50(51)71-73(63,64)65)37-68-52(62)41(53)39-75-43(42(54)33-32-35-44(55)56)34-30-28-26-24-22-16-14-12-10-8-6-4-2/h12,14,17-18,20-22,24-28,30,34,40-43,46-51,54,58-61H,3-11,13,15-16,19,23,29,31-33,35-39,53H2,1-2H3,(H,55,56)(H,66,67)(H2,63,64,65)/b14-12-,18-17-,21-20-,24-22-,27-25-,28-26+,34-30+/t40-,41+,42+,43-,46+,47+,48-,49-,50-,51+/m1/s1. The van der Waals surface area contributed by atoms with E-state index in [1.807, 2.05) is 36.5 Å². The van der Waals surface area contributed by atoms with Crippen molar-refractivity contribution in [2.45, 2.75) is 202 Å². The number of nitrogens with two attached hydrogens (primary N) is 1. The molecule has 75 heavy (non-hydrogen) atoms. The highest BCUT2D eigenvalue weighted by Gasteiger charge is 2.54. The molecule has 0 radical (unpaired) electrons. The number of carbonyl (C=O) groups excluding carboxylic acids is 2. The molecular weight excluding hydrogens is 1040 g/mol. The fourth-order valence-corrected chi connectivity index (χ4v) is 9.90. The zero-order chi connectivity index (χ0) is 55.9. The number of phosphoric acid groups is 2. The van der Waals surface area contributed by atoms with Crippen LogP contribution in [0.15, 0.2) is 85.1 Å². The van der Waals surface area contributed by atoms with Crippen LogP contribution in [-0.4, -0.2) is 142 Å². The number of esters is 2. The predicted molar refractivity (Wildman–Crippen MR) is 288 cm³/mol. The van der Waals surface area contributed by atoms with E-state index in [1.165, 1.54) is 44.9 Å². The summed E-state index contributed by atoms with van der Waals surface area (Å²) >= 11 is 1.10. The first-order valence-electron chi connectivity index (χ1n) is 26.1. The summed E-state index contributed by atoms with van der Waals surface area (Å²) in [7, 11) is -11.0. The second kappa shape index (κ2) is 41.9. The quantitative estimate of drug-likeness (QED) is 0.00929. The zero-order valence-electron chi connectivity index (χ0n) is 43.6. The van der Waals surface area contributed by atoms with E-state index in [0.29, 0.717) is 19.3 Å². The highest BCUT2D eigenvalue weighted by Crippen LogP contribution is 2.50. The van der Waals surface area contributed by atoms with Crippen molar-refractivity contribution in [2.24, 2.45) is 5.73 Å². The Morgan fingerprint density at radius 1 is 0.627 bits per heavy atom. The summed E-state index contributed by atoms with van der Waals surface area (Å²) in [6.07, 6.45) is 27.1. The van der Waals surface area contributed by atoms with Gasteiger partial charge >= 0.3 is 33.6 Å². The van der Waals surface area contributed by atoms with E-state index in [2.05, 4.69) is 48.8 Å². The van der Waals surface area contributed by atoms with Gasteiger partial charge < -0.3 is 60.5 Å². The van der Waals surface area contributed by atoms with Crippen LogP contribution in [0.4, 0.5) is 0 Å². The third-order valence-electron chi connectivity index (χ3n) is 11.4. The molecule has 0 aliphatic heterocycles. The molecule has 0 heterocycles. The number of thioether (sulfide) groups is 1. The summed E-state index contributed by atoms with van der Waals surface area (Å²) in [6.45, 7) is 2.56. The second-order valence-corrected chi connectivity index (χ2v) is 21.9. The lowest BCUT2D eigenvalue weighted by atomic mass is 9.85. The molecule has 0 bridgehead atoms. The van der Waals surface area contributed by atoms with Crippen LogP contribution in [0.1, 0.15) is 142 Å². The number of aliphatic hydroxyl groups is 5. The highest BCUT2D eigenvalue weighted by molar-refractivity contribution is 8.00. The molecule has 23 heteroatoms. The fraction of sp³-hybridized carbons (Fsp3) is 0.673. The number of carbonyl (C=O) groups is 3. The monoisotopic (exact) mass is 1120 g/mol. The van der Waals surface area contributed by atoms with Crippen molar-refractivity contribution in [1.29, 1.82) is 0 Å². The van der Waals surface area contributed by atoms with Crippen molar-refractivity contribution in [3.63, 3.8) is 0 Å². The second-order valence-electron chi connectivity index (χ2n) is 18.1. The van der Waals surface area contributed by atoms with E-state index in [4.69, 9.17) is 29.4 Å². The SMILES string of the molecule is CCCCC/C=C\C\C=C/C=C/C=C/[C@@H](SC[C@H](N)C(=O)OC[C@H](COP(=O)(O)O[C@H]1[C@H](O)[C@@H](O)[C@H](O)[C@@H](O)[C@H]1OP(=O)(O)O)OC(=O)CCC/C=C\C/C=C\C/C=C\CCCCCCCC)[C@@H](O)CCCC(=O)O. The van der Waals surface area contributed by atoms with Crippen LogP contribution in [0.2, 0.25) is 0 Å². The molecule has 1 aliphatic rings.